The molecule has 2 rings (SSSR count). The number of imidazole rings is 1. The van der Waals surface area contributed by atoms with Crippen LogP contribution >= 0.6 is 11.8 Å². The Morgan fingerprint density at radius 1 is 1.26 bits per heavy atom. The van der Waals surface area contributed by atoms with E-state index in [-0.39, 0.29) is 6.61 Å². The molecule has 0 atom stereocenters. The van der Waals surface area contributed by atoms with Crippen molar-refractivity contribution in [2.45, 2.75) is 16.9 Å². The Balaban J connectivity index is 2.29. The fourth-order valence-corrected chi connectivity index (χ4v) is 2.18. The van der Waals surface area contributed by atoms with Crippen LogP contribution in [0.1, 0.15) is 5.69 Å². The molecule has 8 heteroatoms. The zero-order valence-corrected chi connectivity index (χ0v) is 11.6. The Morgan fingerprint density at radius 3 is 2.37 bits per heavy atom. The van der Waals surface area contributed by atoms with Gasteiger partial charge in [0.25, 0.3) is 0 Å². The molecule has 2 aromatic heterocycles. The summed E-state index contributed by atoms with van der Waals surface area (Å²) < 4.78 is 11.9. The maximum Gasteiger partial charge on any atom is 0.220 e. The van der Waals surface area contributed by atoms with Crippen LogP contribution < -0.4 is 9.47 Å². The summed E-state index contributed by atoms with van der Waals surface area (Å²) >= 11 is 1.27. The van der Waals surface area contributed by atoms with Crippen LogP contribution in [0.2, 0.25) is 0 Å². The maximum absolute atomic E-state index is 9.12. The summed E-state index contributed by atoms with van der Waals surface area (Å²) in [5.74, 6) is 0.844. The van der Waals surface area contributed by atoms with Gasteiger partial charge in [0.15, 0.2) is 5.16 Å². The molecular weight excluding hydrogens is 268 g/mol. The second kappa shape index (κ2) is 5.89. The van der Waals surface area contributed by atoms with Crippen molar-refractivity contribution in [3.05, 3.63) is 18.0 Å². The van der Waals surface area contributed by atoms with Crippen molar-refractivity contribution in [2.75, 3.05) is 14.2 Å². The predicted octanol–water partition coefficient (Wildman–Crippen LogP) is 0.871. The van der Waals surface area contributed by atoms with E-state index in [2.05, 4.69) is 15.0 Å². The molecule has 1 N–H and O–H groups in total. The third kappa shape index (κ3) is 2.96. The van der Waals surface area contributed by atoms with Gasteiger partial charge in [0.2, 0.25) is 16.9 Å². The molecule has 0 saturated heterocycles. The lowest BCUT2D eigenvalue weighted by Crippen LogP contribution is -1.99. The third-order valence-corrected chi connectivity index (χ3v) is 3.39. The normalized spacial score (nSPS) is 10.5. The first-order valence-electron chi connectivity index (χ1n) is 5.44. The Hall–Kier alpha value is -1.80. The summed E-state index contributed by atoms with van der Waals surface area (Å²) in [7, 11) is 4.87. The van der Waals surface area contributed by atoms with Crippen molar-refractivity contribution in [1.29, 1.82) is 0 Å². The third-order valence-electron chi connectivity index (χ3n) is 2.46. The van der Waals surface area contributed by atoms with Crippen LogP contribution in [0.3, 0.4) is 0 Å². The van der Waals surface area contributed by atoms with E-state index in [4.69, 9.17) is 14.6 Å². The zero-order valence-electron chi connectivity index (χ0n) is 10.8. The Bertz CT molecular complexity index is 551. The van der Waals surface area contributed by atoms with Gasteiger partial charge >= 0.3 is 0 Å². The second-order valence-electron chi connectivity index (χ2n) is 3.59. The van der Waals surface area contributed by atoms with Gasteiger partial charge in [-0.05, 0) is 11.8 Å². The lowest BCUT2D eigenvalue weighted by molar-refractivity contribution is 0.271. The van der Waals surface area contributed by atoms with Crippen LogP contribution in [0.5, 0.6) is 11.8 Å². The summed E-state index contributed by atoms with van der Waals surface area (Å²) in [6.45, 7) is -0.0631. The zero-order chi connectivity index (χ0) is 13.8. The number of ether oxygens (including phenoxy) is 2. The van der Waals surface area contributed by atoms with E-state index >= 15 is 0 Å². The topological polar surface area (TPSA) is 82.3 Å². The molecule has 2 heterocycles. The number of methoxy groups -OCH3 is 2. The van der Waals surface area contributed by atoms with Crippen LogP contribution in [0.4, 0.5) is 0 Å². The molecular formula is C11H14N4O3S. The number of aliphatic hydroxyl groups is 1. The molecule has 0 aromatic carbocycles. The van der Waals surface area contributed by atoms with Crippen molar-refractivity contribution in [2.24, 2.45) is 7.05 Å². The quantitative estimate of drug-likeness (QED) is 0.815. The SMILES string of the molecule is COc1cc(OC)nc(Sc2ncc(CO)n2C)n1. The fourth-order valence-electron chi connectivity index (χ4n) is 1.39. The molecule has 0 fully saturated rings. The van der Waals surface area contributed by atoms with Crippen molar-refractivity contribution in [3.8, 4) is 11.8 Å². The lowest BCUT2D eigenvalue weighted by Gasteiger charge is -2.06. The Morgan fingerprint density at radius 2 is 1.89 bits per heavy atom. The molecule has 0 radical (unpaired) electrons. The molecule has 0 aliphatic carbocycles. The maximum atomic E-state index is 9.12. The minimum atomic E-state index is -0.0631. The van der Waals surface area contributed by atoms with Crippen LogP contribution in [0.25, 0.3) is 0 Å². The van der Waals surface area contributed by atoms with E-state index in [9.17, 15) is 0 Å². The molecule has 0 aliphatic rings. The van der Waals surface area contributed by atoms with E-state index in [0.29, 0.717) is 22.1 Å². The van der Waals surface area contributed by atoms with Crippen LogP contribution in [0.15, 0.2) is 22.6 Å². The van der Waals surface area contributed by atoms with E-state index in [1.165, 1.54) is 26.0 Å². The number of aliphatic hydroxyl groups excluding tert-OH is 1. The highest BCUT2D eigenvalue weighted by atomic mass is 32.2. The fraction of sp³-hybridized carbons (Fsp3) is 0.364. The van der Waals surface area contributed by atoms with E-state index in [1.54, 1.807) is 16.8 Å². The minimum absolute atomic E-state index is 0.0631. The lowest BCUT2D eigenvalue weighted by atomic mass is 10.5. The molecule has 0 unspecified atom stereocenters. The summed E-state index contributed by atoms with van der Waals surface area (Å²) in [6, 6.07) is 1.60. The standard InChI is InChI=1S/C11H14N4O3S/c1-15-7(6-16)5-12-11(15)19-10-13-8(17-2)4-9(14-10)18-3/h4-5,16H,6H2,1-3H3. The summed E-state index contributed by atoms with van der Waals surface area (Å²) in [6.07, 6.45) is 1.61. The molecule has 0 bridgehead atoms. The number of rotatable bonds is 5. The van der Waals surface area contributed by atoms with Crippen LogP contribution in [-0.2, 0) is 13.7 Å². The van der Waals surface area contributed by atoms with Gasteiger partial charge in [0.1, 0.15) is 0 Å². The first-order chi connectivity index (χ1) is 9.17. The number of hydrogen-bond donors (Lipinski definition) is 1. The highest BCUT2D eigenvalue weighted by molar-refractivity contribution is 7.99. The van der Waals surface area contributed by atoms with Crippen LogP contribution in [0, 0.1) is 0 Å². The molecule has 2 aromatic rings. The number of aromatic nitrogens is 4. The summed E-state index contributed by atoms with van der Waals surface area (Å²) in [4.78, 5) is 12.6. The van der Waals surface area contributed by atoms with Gasteiger partial charge < -0.3 is 19.1 Å². The minimum Gasteiger partial charge on any atom is -0.481 e. The first-order valence-corrected chi connectivity index (χ1v) is 6.26. The average Bonchev–Trinajstić information content (AvgIpc) is 2.79. The van der Waals surface area contributed by atoms with Crippen molar-refractivity contribution in [3.63, 3.8) is 0 Å². The monoisotopic (exact) mass is 282 g/mol. The summed E-state index contributed by atoms with van der Waals surface area (Å²) in [5, 5.41) is 10.3. The summed E-state index contributed by atoms with van der Waals surface area (Å²) in [5.41, 5.74) is 0.720. The van der Waals surface area contributed by atoms with Crippen molar-refractivity contribution >= 4 is 11.8 Å². The molecule has 0 saturated carbocycles. The van der Waals surface area contributed by atoms with Gasteiger partial charge in [0, 0.05) is 7.05 Å². The number of nitrogens with zero attached hydrogens (tertiary/aromatic N) is 4. The molecule has 0 amide bonds. The molecule has 0 spiro atoms. The van der Waals surface area contributed by atoms with Crippen molar-refractivity contribution in [1.82, 2.24) is 19.5 Å². The number of hydrogen-bond acceptors (Lipinski definition) is 7. The van der Waals surface area contributed by atoms with Gasteiger partial charge in [-0.3, -0.25) is 0 Å². The van der Waals surface area contributed by atoms with Gasteiger partial charge in [-0.2, -0.15) is 9.97 Å². The van der Waals surface area contributed by atoms with Gasteiger partial charge in [-0.1, -0.05) is 0 Å². The van der Waals surface area contributed by atoms with E-state index < -0.39 is 0 Å². The molecule has 19 heavy (non-hydrogen) atoms. The molecule has 102 valence electrons. The smallest absolute Gasteiger partial charge is 0.220 e. The first kappa shape index (κ1) is 13.6. The van der Waals surface area contributed by atoms with Crippen molar-refractivity contribution < 1.29 is 14.6 Å². The Kier molecular flexibility index (Phi) is 4.23. The average molecular weight is 282 g/mol. The van der Waals surface area contributed by atoms with Gasteiger partial charge in [-0.25, -0.2) is 4.98 Å². The van der Waals surface area contributed by atoms with E-state index in [0.717, 1.165) is 5.69 Å². The molecule has 7 nitrogen and oxygen atoms in total. The molecule has 0 aliphatic heterocycles. The largest absolute Gasteiger partial charge is 0.481 e. The second-order valence-corrected chi connectivity index (χ2v) is 4.52. The highest BCUT2D eigenvalue weighted by Gasteiger charge is 2.12. The Labute approximate surface area is 114 Å². The van der Waals surface area contributed by atoms with Crippen LogP contribution in [-0.4, -0.2) is 38.8 Å². The highest BCUT2D eigenvalue weighted by Crippen LogP contribution is 2.27. The van der Waals surface area contributed by atoms with E-state index in [1.807, 2.05) is 7.05 Å². The predicted molar refractivity (Wildman–Crippen MR) is 68.4 cm³/mol. The van der Waals surface area contributed by atoms with Gasteiger partial charge in [0.05, 0.1) is 38.8 Å². The van der Waals surface area contributed by atoms with Gasteiger partial charge in [-0.15, -0.1) is 0 Å².